The molecule has 0 radical (unpaired) electrons. The van der Waals surface area contributed by atoms with Gasteiger partial charge in [0.25, 0.3) is 5.91 Å². The summed E-state index contributed by atoms with van der Waals surface area (Å²) in [5.74, 6) is 0.337. The number of nitrogens with one attached hydrogen (secondary N) is 1. The Balaban J connectivity index is 2.08. The highest BCUT2D eigenvalue weighted by atomic mass is 16.5. The molecule has 3 N–H and O–H groups in total. The molecule has 0 aromatic heterocycles. The van der Waals surface area contributed by atoms with Crippen LogP contribution in [0.4, 0.5) is 5.69 Å². The van der Waals surface area contributed by atoms with Crippen molar-refractivity contribution in [2.24, 2.45) is 0 Å². The predicted octanol–water partition coefficient (Wildman–Crippen LogP) is 1.19. The lowest BCUT2D eigenvalue weighted by Gasteiger charge is -2.23. The Morgan fingerprint density at radius 3 is 3.06 bits per heavy atom. The standard InChI is InChI=1S/C13H18N2O3/c1-17-11-6-2-5-10(12(11)14)13(16)15-9-4-3-7-18-8-9/h2,5-6,9H,3-4,7-8,14H2,1H3,(H,15,16). The van der Waals surface area contributed by atoms with Crippen LogP contribution in [0.3, 0.4) is 0 Å². The number of nitrogens with two attached hydrogens (primary N) is 1. The number of hydrogen-bond donors (Lipinski definition) is 2. The van der Waals surface area contributed by atoms with Crippen molar-refractivity contribution in [1.29, 1.82) is 0 Å². The van der Waals surface area contributed by atoms with Crippen LogP contribution in [0, 0.1) is 0 Å². The summed E-state index contributed by atoms with van der Waals surface area (Å²) in [6.45, 7) is 1.34. The van der Waals surface area contributed by atoms with Crippen LogP contribution in [0.1, 0.15) is 23.2 Å². The molecule has 0 bridgehead atoms. The fraction of sp³-hybridized carbons (Fsp3) is 0.462. The SMILES string of the molecule is COc1cccc(C(=O)NC2CCCOC2)c1N. The minimum absolute atomic E-state index is 0.0665. The maximum Gasteiger partial charge on any atom is 0.253 e. The van der Waals surface area contributed by atoms with Crippen molar-refractivity contribution in [2.75, 3.05) is 26.1 Å². The van der Waals surface area contributed by atoms with Gasteiger partial charge in [0.15, 0.2) is 0 Å². The van der Waals surface area contributed by atoms with Gasteiger partial charge in [-0.15, -0.1) is 0 Å². The van der Waals surface area contributed by atoms with Gasteiger partial charge in [-0.1, -0.05) is 6.07 Å². The molecule has 0 aliphatic carbocycles. The van der Waals surface area contributed by atoms with E-state index in [4.69, 9.17) is 15.2 Å². The van der Waals surface area contributed by atoms with Gasteiger partial charge >= 0.3 is 0 Å². The zero-order valence-electron chi connectivity index (χ0n) is 10.4. The van der Waals surface area contributed by atoms with E-state index in [0.29, 0.717) is 23.6 Å². The third-order valence-electron chi connectivity index (χ3n) is 3.03. The molecule has 1 aromatic rings. The molecule has 0 spiro atoms. The number of nitrogen functional groups attached to an aromatic ring is 1. The average Bonchev–Trinajstić information content (AvgIpc) is 2.40. The van der Waals surface area contributed by atoms with Crippen molar-refractivity contribution >= 4 is 11.6 Å². The van der Waals surface area contributed by atoms with Crippen molar-refractivity contribution in [3.8, 4) is 5.75 Å². The summed E-state index contributed by atoms with van der Waals surface area (Å²) < 4.78 is 10.4. The topological polar surface area (TPSA) is 73.6 Å². The van der Waals surface area contributed by atoms with Gasteiger partial charge in [0.2, 0.25) is 0 Å². The van der Waals surface area contributed by atoms with Crippen molar-refractivity contribution in [3.05, 3.63) is 23.8 Å². The van der Waals surface area contributed by atoms with Gasteiger partial charge in [-0.25, -0.2) is 0 Å². The molecule has 1 fully saturated rings. The second-order valence-corrected chi connectivity index (χ2v) is 4.31. The second kappa shape index (κ2) is 5.73. The molecule has 5 nitrogen and oxygen atoms in total. The first-order chi connectivity index (χ1) is 8.72. The molecule has 1 unspecified atom stereocenters. The Morgan fingerprint density at radius 1 is 1.56 bits per heavy atom. The second-order valence-electron chi connectivity index (χ2n) is 4.31. The van der Waals surface area contributed by atoms with Crippen molar-refractivity contribution < 1.29 is 14.3 Å². The Labute approximate surface area is 106 Å². The highest BCUT2D eigenvalue weighted by Crippen LogP contribution is 2.24. The molecule has 1 aromatic carbocycles. The monoisotopic (exact) mass is 250 g/mol. The van der Waals surface area contributed by atoms with E-state index in [0.717, 1.165) is 19.4 Å². The van der Waals surface area contributed by atoms with Crippen LogP contribution in [-0.4, -0.2) is 32.3 Å². The molecule has 1 aliphatic rings. The number of ether oxygens (including phenoxy) is 2. The molecule has 1 heterocycles. The largest absolute Gasteiger partial charge is 0.495 e. The number of carbonyl (C=O) groups is 1. The van der Waals surface area contributed by atoms with E-state index in [1.165, 1.54) is 7.11 Å². The van der Waals surface area contributed by atoms with Gasteiger partial charge in [-0.3, -0.25) is 4.79 Å². The lowest BCUT2D eigenvalue weighted by molar-refractivity contribution is 0.0624. The van der Waals surface area contributed by atoms with E-state index in [9.17, 15) is 4.79 Å². The third kappa shape index (κ3) is 2.73. The molecule has 98 valence electrons. The molecule has 1 atom stereocenters. The van der Waals surface area contributed by atoms with Gasteiger partial charge < -0.3 is 20.5 Å². The van der Waals surface area contributed by atoms with Gasteiger partial charge in [0.1, 0.15) is 5.75 Å². The number of benzene rings is 1. The van der Waals surface area contributed by atoms with E-state index < -0.39 is 0 Å². The van der Waals surface area contributed by atoms with E-state index >= 15 is 0 Å². The summed E-state index contributed by atoms with van der Waals surface area (Å²) >= 11 is 0. The van der Waals surface area contributed by atoms with E-state index in [1.54, 1.807) is 18.2 Å². The van der Waals surface area contributed by atoms with E-state index in [2.05, 4.69) is 5.32 Å². The zero-order chi connectivity index (χ0) is 13.0. The fourth-order valence-electron chi connectivity index (χ4n) is 2.04. The first-order valence-corrected chi connectivity index (χ1v) is 6.03. The molecule has 1 saturated heterocycles. The number of hydrogen-bond acceptors (Lipinski definition) is 4. The van der Waals surface area contributed by atoms with Gasteiger partial charge in [0, 0.05) is 6.61 Å². The molecular formula is C13H18N2O3. The zero-order valence-corrected chi connectivity index (χ0v) is 10.4. The first-order valence-electron chi connectivity index (χ1n) is 6.03. The summed E-state index contributed by atoms with van der Waals surface area (Å²) in [5, 5.41) is 2.93. The lowest BCUT2D eigenvalue weighted by Crippen LogP contribution is -2.40. The first kappa shape index (κ1) is 12.7. The summed E-state index contributed by atoms with van der Waals surface area (Å²) in [6, 6.07) is 5.24. The van der Waals surface area contributed by atoms with Crippen LogP contribution < -0.4 is 15.8 Å². The molecule has 1 aliphatic heterocycles. The molecule has 5 heteroatoms. The highest BCUT2D eigenvalue weighted by molar-refractivity contribution is 6.00. The summed E-state index contributed by atoms with van der Waals surface area (Å²) in [6.07, 6.45) is 1.91. The lowest BCUT2D eigenvalue weighted by atomic mass is 10.1. The highest BCUT2D eigenvalue weighted by Gasteiger charge is 2.19. The van der Waals surface area contributed by atoms with Crippen LogP contribution in [0.25, 0.3) is 0 Å². The molecule has 1 amide bonds. The minimum atomic E-state index is -0.179. The minimum Gasteiger partial charge on any atom is -0.495 e. The fourth-order valence-corrected chi connectivity index (χ4v) is 2.04. The number of amides is 1. The predicted molar refractivity (Wildman–Crippen MR) is 68.7 cm³/mol. The maximum atomic E-state index is 12.1. The number of methoxy groups -OCH3 is 1. The summed E-state index contributed by atoms with van der Waals surface area (Å²) in [4.78, 5) is 12.1. The Bertz CT molecular complexity index is 428. The van der Waals surface area contributed by atoms with E-state index in [-0.39, 0.29) is 11.9 Å². The van der Waals surface area contributed by atoms with Gasteiger partial charge in [-0.2, -0.15) is 0 Å². The van der Waals surface area contributed by atoms with Gasteiger partial charge in [-0.05, 0) is 25.0 Å². The van der Waals surface area contributed by atoms with Crippen molar-refractivity contribution in [2.45, 2.75) is 18.9 Å². The van der Waals surface area contributed by atoms with Crippen LogP contribution >= 0.6 is 0 Å². The van der Waals surface area contributed by atoms with E-state index in [1.807, 2.05) is 0 Å². The molecule has 2 rings (SSSR count). The smallest absolute Gasteiger partial charge is 0.253 e. The quantitative estimate of drug-likeness (QED) is 0.790. The number of para-hydroxylation sites is 1. The normalized spacial score (nSPS) is 19.3. The van der Waals surface area contributed by atoms with Crippen molar-refractivity contribution in [3.63, 3.8) is 0 Å². The molecule has 18 heavy (non-hydrogen) atoms. The summed E-state index contributed by atoms with van der Waals surface area (Å²) in [5.41, 5.74) is 6.70. The number of anilines is 1. The van der Waals surface area contributed by atoms with Gasteiger partial charge in [0.05, 0.1) is 31.0 Å². The maximum absolute atomic E-state index is 12.1. The molecular weight excluding hydrogens is 232 g/mol. The van der Waals surface area contributed by atoms with Crippen LogP contribution in [-0.2, 0) is 4.74 Å². The Hall–Kier alpha value is -1.75. The van der Waals surface area contributed by atoms with Crippen LogP contribution in [0.5, 0.6) is 5.75 Å². The number of rotatable bonds is 3. The molecule has 0 saturated carbocycles. The Kier molecular flexibility index (Phi) is 4.04. The average molecular weight is 250 g/mol. The summed E-state index contributed by atoms with van der Waals surface area (Å²) in [7, 11) is 1.53. The third-order valence-corrected chi connectivity index (χ3v) is 3.03. The Morgan fingerprint density at radius 2 is 2.39 bits per heavy atom. The van der Waals surface area contributed by atoms with Crippen molar-refractivity contribution in [1.82, 2.24) is 5.32 Å². The van der Waals surface area contributed by atoms with Crippen LogP contribution in [0.2, 0.25) is 0 Å². The number of carbonyl (C=O) groups excluding carboxylic acids is 1. The van der Waals surface area contributed by atoms with Crippen LogP contribution in [0.15, 0.2) is 18.2 Å².